The standard InChI is InChI=1S/C16H16N2O3/c1-3-11-6-4-5-10(2)14(11)18-15(19)12-7-8-17-9-13(12)16(20)21/h4-9H,3H2,1-2H3,(H,18,19)(H,20,21). The van der Waals surface area contributed by atoms with Crippen molar-refractivity contribution < 1.29 is 14.7 Å². The highest BCUT2D eigenvalue weighted by atomic mass is 16.4. The van der Waals surface area contributed by atoms with E-state index in [-0.39, 0.29) is 11.1 Å². The van der Waals surface area contributed by atoms with Crippen molar-refractivity contribution >= 4 is 17.6 Å². The number of carboxylic acid groups (broad SMARTS) is 1. The summed E-state index contributed by atoms with van der Waals surface area (Å²) in [5, 5.41) is 11.9. The number of amides is 1. The second-order valence-electron chi connectivity index (χ2n) is 4.64. The highest BCUT2D eigenvalue weighted by Crippen LogP contribution is 2.22. The van der Waals surface area contributed by atoms with Crippen molar-refractivity contribution in [2.75, 3.05) is 5.32 Å². The summed E-state index contributed by atoms with van der Waals surface area (Å²) >= 11 is 0. The van der Waals surface area contributed by atoms with E-state index >= 15 is 0 Å². The van der Waals surface area contributed by atoms with E-state index in [0.717, 1.165) is 23.2 Å². The van der Waals surface area contributed by atoms with Crippen LogP contribution in [0.1, 0.15) is 38.8 Å². The van der Waals surface area contributed by atoms with Crippen LogP contribution in [0.5, 0.6) is 0 Å². The van der Waals surface area contributed by atoms with Gasteiger partial charge in [0, 0.05) is 18.1 Å². The number of carbonyl (C=O) groups excluding carboxylic acids is 1. The number of aromatic nitrogens is 1. The molecule has 0 spiro atoms. The molecule has 0 saturated heterocycles. The topological polar surface area (TPSA) is 79.3 Å². The van der Waals surface area contributed by atoms with Gasteiger partial charge in [0.2, 0.25) is 0 Å². The number of hydrogen-bond donors (Lipinski definition) is 2. The number of aryl methyl sites for hydroxylation is 2. The Balaban J connectivity index is 2.38. The second kappa shape index (κ2) is 6.17. The van der Waals surface area contributed by atoms with E-state index in [2.05, 4.69) is 10.3 Å². The number of hydrogen-bond acceptors (Lipinski definition) is 3. The van der Waals surface area contributed by atoms with Crippen molar-refractivity contribution in [3.63, 3.8) is 0 Å². The molecule has 2 N–H and O–H groups in total. The zero-order valence-electron chi connectivity index (χ0n) is 11.9. The van der Waals surface area contributed by atoms with Crippen LogP contribution in [0, 0.1) is 6.92 Å². The Labute approximate surface area is 122 Å². The van der Waals surface area contributed by atoms with Crippen LogP contribution in [-0.2, 0) is 6.42 Å². The summed E-state index contributed by atoms with van der Waals surface area (Å²) in [5.74, 6) is -1.62. The molecule has 2 rings (SSSR count). The third kappa shape index (κ3) is 3.08. The molecule has 108 valence electrons. The highest BCUT2D eigenvalue weighted by Gasteiger charge is 2.17. The van der Waals surface area contributed by atoms with Crippen LogP contribution in [0.4, 0.5) is 5.69 Å². The minimum Gasteiger partial charge on any atom is -0.478 e. The third-order valence-corrected chi connectivity index (χ3v) is 3.27. The first kappa shape index (κ1) is 14.7. The Morgan fingerprint density at radius 3 is 2.67 bits per heavy atom. The van der Waals surface area contributed by atoms with Crippen molar-refractivity contribution in [3.8, 4) is 0 Å². The first-order chi connectivity index (χ1) is 10.0. The fraction of sp³-hybridized carbons (Fsp3) is 0.188. The van der Waals surface area contributed by atoms with E-state index in [4.69, 9.17) is 5.11 Å². The van der Waals surface area contributed by atoms with Gasteiger partial charge in [0.25, 0.3) is 5.91 Å². The molecule has 1 aromatic carbocycles. The van der Waals surface area contributed by atoms with E-state index in [0.29, 0.717) is 0 Å². The third-order valence-electron chi connectivity index (χ3n) is 3.27. The average Bonchev–Trinajstić information content (AvgIpc) is 2.49. The maximum atomic E-state index is 12.4. The van der Waals surface area contributed by atoms with Crippen molar-refractivity contribution in [2.24, 2.45) is 0 Å². The molecule has 21 heavy (non-hydrogen) atoms. The van der Waals surface area contributed by atoms with Crippen LogP contribution >= 0.6 is 0 Å². The number of pyridine rings is 1. The average molecular weight is 284 g/mol. The molecule has 1 amide bonds. The SMILES string of the molecule is CCc1cccc(C)c1NC(=O)c1ccncc1C(=O)O. The van der Waals surface area contributed by atoms with Crippen LogP contribution in [0.15, 0.2) is 36.7 Å². The van der Waals surface area contributed by atoms with Crippen molar-refractivity contribution in [2.45, 2.75) is 20.3 Å². The van der Waals surface area contributed by atoms with E-state index in [1.165, 1.54) is 18.5 Å². The molecule has 0 saturated carbocycles. The molecular weight excluding hydrogens is 268 g/mol. The zero-order chi connectivity index (χ0) is 15.4. The molecule has 0 aliphatic heterocycles. The maximum Gasteiger partial charge on any atom is 0.338 e. The number of benzene rings is 1. The molecule has 0 radical (unpaired) electrons. The summed E-state index contributed by atoms with van der Waals surface area (Å²) in [6.45, 7) is 3.90. The number of para-hydroxylation sites is 1. The molecule has 0 aliphatic rings. The summed E-state index contributed by atoms with van der Waals surface area (Å²) in [4.78, 5) is 27.3. The lowest BCUT2D eigenvalue weighted by Crippen LogP contribution is -2.18. The lowest BCUT2D eigenvalue weighted by molar-refractivity contribution is 0.0692. The Kier molecular flexibility index (Phi) is 4.33. The van der Waals surface area contributed by atoms with Gasteiger partial charge in [-0.05, 0) is 30.5 Å². The molecule has 0 aliphatic carbocycles. The number of anilines is 1. The molecule has 1 aromatic heterocycles. The smallest absolute Gasteiger partial charge is 0.338 e. The summed E-state index contributed by atoms with van der Waals surface area (Å²) in [5.41, 5.74) is 2.67. The quantitative estimate of drug-likeness (QED) is 0.904. The molecule has 5 heteroatoms. The number of rotatable bonds is 4. The van der Waals surface area contributed by atoms with Gasteiger partial charge in [-0.1, -0.05) is 25.1 Å². The summed E-state index contributed by atoms with van der Waals surface area (Å²) in [7, 11) is 0. The lowest BCUT2D eigenvalue weighted by atomic mass is 10.0. The fourth-order valence-corrected chi connectivity index (χ4v) is 2.15. The minimum absolute atomic E-state index is 0.0998. The minimum atomic E-state index is -1.17. The highest BCUT2D eigenvalue weighted by molar-refractivity contribution is 6.11. The monoisotopic (exact) mass is 284 g/mol. The molecule has 5 nitrogen and oxygen atoms in total. The van der Waals surface area contributed by atoms with Gasteiger partial charge in [-0.3, -0.25) is 9.78 Å². The van der Waals surface area contributed by atoms with Crippen LogP contribution in [-0.4, -0.2) is 22.0 Å². The Morgan fingerprint density at radius 1 is 1.24 bits per heavy atom. The normalized spacial score (nSPS) is 10.2. The summed E-state index contributed by atoms with van der Waals surface area (Å²) in [6, 6.07) is 7.17. The number of carboxylic acids is 1. The lowest BCUT2D eigenvalue weighted by Gasteiger charge is -2.13. The van der Waals surface area contributed by atoms with E-state index in [1.807, 2.05) is 32.0 Å². The van der Waals surface area contributed by atoms with Crippen molar-refractivity contribution in [3.05, 3.63) is 58.9 Å². The van der Waals surface area contributed by atoms with E-state index in [1.54, 1.807) is 0 Å². The first-order valence-corrected chi connectivity index (χ1v) is 6.61. The van der Waals surface area contributed by atoms with Crippen LogP contribution in [0.25, 0.3) is 0 Å². The van der Waals surface area contributed by atoms with Gasteiger partial charge in [-0.25, -0.2) is 4.79 Å². The van der Waals surface area contributed by atoms with Gasteiger partial charge < -0.3 is 10.4 Å². The summed E-state index contributed by atoms with van der Waals surface area (Å²) < 4.78 is 0. The Hall–Kier alpha value is -2.69. The second-order valence-corrected chi connectivity index (χ2v) is 4.64. The van der Waals surface area contributed by atoms with Gasteiger partial charge in [-0.2, -0.15) is 0 Å². The van der Waals surface area contributed by atoms with E-state index in [9.17, 15) is 9.59 Å². The van der Waals surface area contributed by atoms with Gasteiger partial charge in [0.15, 0.2) is 0 Å². The number of aromatic carboxylic acids is 1. The predicted molar refractivity (Wildman–Crippen MR) is 79.7 cm³/mol. The Bertz CT molecular complexity index is 696. The van der Waals surface area contributed by atoms with Crippen LogP contribution < -0.4 is 5.32 Å². The summed E-state index contributed by atoms with van der Waals surface area (Å²) in [6.07, 6.45) is 3.36. The van der Waals surface area contributed by atoms with E-state index < -0.39 is 11.9 Å². The molecule has 1 heterocycles. The molecule has 2 aromatic rings. The van der Waals surface area contributed by atoms with Gasteiger partial charge in [-0.15, -0.1) is 0 Å². The molecule has 0 unspecified atom stereocenters. The molecular formula is C16H16N2O3. The number of nitrogens with zero attached hydrogens (tertiary/aromatic N) is 1. The largest absolute Gasteiger partial charge is 0.478 e. The van der Waals surface area contributed by atoms with Crippen molar-refractivity contribution in [1.82, 2.24) is 4.98 Å². The van der Waals surface area contributed by atoms with Crippen LogP contribution in [0.2, 0.25) is 0 Å². The fourth-order valence-electron chi connectivity index (χ4n) is 2.15. The molecule has 0 fully saturated rings. The van der Waals surface area contributed by atoms with Crippen molar-refractivity contribution in [1.29, 1.82) is 0 Å². The Morgan fingerprint density at radius 2 is 2.00 bits per heavy atom. The van der Waals surface area contributed by atoms with Crippen LogP contribution in [0.3, 0.4) is 0 Å². The number of nitrogens with one attached hydrogen (secondary N) is 1. The maximum absolute atomic E-state index is 12.4. The molecule has 0 bridgehead atoms. The van der Waals surface area contributed by atoms with Gasteiger partial charge in [0.05, 0.1) is 11.1 Å². The van der Waals surface area contributed by atoms with Gasteiger partial charge in [0.1, 0.15) is 0 Å². The zero-order valence-corrected chi connectivity index (χ0v) is 11.9. The molecule has 0 atom stereocenters. The predicted octanol–water partition coefficient (Wildman–Crippen LogP) is 2.90. The van der Waals surface area contributed by atoms with Gasteiger partial charge >= 0.3 is 5.97 Å². The number of carbonyl (C=O) groups is 2. The first-order valence-electron chi connectivity index (χ1n) is 6.61.